The maximum atomic E-state index is 13.9. The molecule has 0 aliphatic rings. The second-order valence-electron chi connectivity index (χ2n) is 6.73. The number of hydrogen-bond donors (Lipinski definition) is 1. The zero-order valence-electron chi connectivity index (χ0n) is 17.6. The molecule has 1 N–H and O–H groups in total. The normalized spacial score (nSPS) is 10.9. The van der Waals surface area contributed by atoms with Gasteiger partial charge in [-0.1, -0.05) is 54.6 Å². The van der Waals surface area contributed by atoms with Crippen LogP contribution in [0.5, 0.6) is 5.75 Å². The number of nitrogens with zero attached hydrogens (tertiary/aromatic N) is 2. The van der Waals surface area contributed by atoms with Crippen molar-refractivity contribution >= 4 is 51.7 Å². The summed E-state index contributed by atoms with van der Waals surface area (Å²) in [4.78, 5) is 36.6. The number of hydrogen-bond acceptors (Lipinski definition) is 9. The standard InChI is InChI=1S/C21H19ClFN3O5S2/c1-3-11(4-2)18(28)24-20-25-26-21(33-20)32-10-12-8-15(27)16(9-30-12)31-19(29)17-13(22)6-5-7-14(17)23/h5-9,11H,3-4,10H2,1-2H3,(H,24,25,28). The number of thioether (sulfide) groups is 1. The zero-order valence-corrected chi connectivity index (χ0v) is 20.0. The van der Waals surface area contributed by atoms with E-state index in [1.54, 1.807) is 0 Å². The molecule has 0 aliphatic carbocycles. The van der Waals surface area contributed by atoms with Crippen LogP contribution in [0.3, 0.4) is 0 Å². The molecule has 174 valence electrons. The minimum atomic E-state index is -1.11. The molecule has 1 amide bonds. The van der Waals surface area contributed by atoms with Crippen LogP contribution in [0.1, 0.15) is 42.8 Å². The first-order chi connectivity index (χ1) is 15.8. The highest BCUT2D eigenvalue weighted by molar-refractivity contribution is 8.00. The van der Waals surface area contributed by atoms with Crippen LogP contribution >= 0.6 is 34.7 Å². The Morgan fingerprint density at radius 2 is 2.06 bits per heavy atom. The van der Waals surface area contributed by atoms with Crippen LogP contribution < -0.4 is 15.5 Å². The van der Waals surface area contributed by atoms with E-state index in [0.717, 1.165) is 31.2 Å². The first kappa shape index (κ1) is 24.9. The van der Waals surface area contributed by atoms with Crippen LogP contribution in [0.25, 0.3) is 0 Å². The Morgan fingerprint density at radius 3 is 2.73 bits per heavy atom. The summed E-state index contributed by atoms with van der Waals surface area (Å²) < 4.78 is 24.7. The number of aromatic nitrogens is 2. The average molecular weight is 512 g/mol. The van der Waals surface area contributed by atoms with Gasteiger partial charge in [0.25, 0.3) is 0 Å². The van der Waals surface area contributed by atoms with Crippen molar-refractivity contribution in [2.45, 2.75) is 36.8 Å². The molecule has 12 heteroatoms. The van der Waals surface area contributed by atoms with Gasteiger partial charge in [-0.05, 0) is 25.0 Å². The summed E-state index contributed by atoms with van der Waals surface area (Å²) in [5.74, 6) is -2.00. The number of rotatable bonds is 9. The Balaban J connectivity index is 1.60. The van der Waals surface area contributed by atoms with E-state index in [-0.39, 0.29) is 22.6 Å². The van der Waals surface area contributed by atoms with Crippen molar-refractivity contribution in [3.8, 4) is 5.75 Å². The molecular weight excluding hydrogens is 493 g/mol. The third-order valence-corrected chi connectivity index (χ3v) is 6.86. The van der Waals surface area contributed by atoms with Gasteiger partial charge in [0.15, 0.2) is 4.34 Å². The molecule has 1 aromatic carbocycles. The molecule has 0 radical (unpaired) electrons. The summed E-state index contributed by atoms with van der Waals surface area (Å²) in [6, 6.07) is 4.90. The molecule has 0 aliphatic heterocycles. The molecule has 0 spiro atoms. The monoisotopic (exact) mass is 511 g/mol. The number of esters is 1. The second kappa shape index (κ2) is 11.4. The van der Waals surface area contributed by atoms with Gasteiger partial charge in [-0.3, -0.25) is 9.59 Å². The number of nitrogens with one attached hydrogen (secondary N) is 1. The molecule has 2 aromatic heterocycles. The lowest BCUT2D eigenvalue weighted by atomic mass is 10.0. The molecule has 3 rings (SSSR count). The topological polar surface area (TPSA) is 111 Å². The van der Waals surface area contributed by atoms with Crippen LogP contribution in [0.15, 0.2) is 44.1 Å². The molecular formula is C21H19ClFN3O5S2. The molecule has 33 heavy (non-hydrogen) atoms. The summed E-state index contributed by atoms with van der Waals surface area (Å²) in [6.45, 7) is 3.90. The third kappa shape index (κ3) is 6.40. The number of carbonyl (C=O) groups excluding carboxylic acids is 2. The SMILES string of the molecule is CCC(CC)C(=O)Nc1nnc(SCc2cc(=O)c(OC(=O)c3c(F)cccc3Cl)co2)s1. The van der Waals surface area contributed by atoms with Crippen LogP contribution in [-0.4, -0.2) is 22.1 Å². The average Bonchev–Trinajstić information content (AvgIpc) is 3.22. The number of benzene rings is 1. The van der Waals surface area contributed by atoms with E-state index in [9.17, 15) is 18.8 Å². The number of amides is 1. The highest BCUT2D eigenvalue weighted by atomic mass is 35.5. The predicted octanol–water partition coefficient (Wildman–Crippen LogP) is 5.17. The lowest BCUT2D eigenvalue weighted by Crippen LogP contribution is -2.21. The van der Waals surface area contributed by atoms with Gasteiger partial charge in [0.05, 0.1) is 10.8 Å². The Kier molecular flexibility index (Phi) is 8.59. The van der Waals surface area contributed by atoms with Crippen LogP contribution in [0.4, 0.5) is 9.52 Å². The summed E-state index contributed by atoms with van der Waals surface area (Å²) >= 11 is 8.30. The lowest BCUT2D eigenvalue weighted by Gasteiger charge is -2.09. The summed E-state index contributed by atoms with van der Waals surface area (Å²) in [7, 11) is 0. The van der Waals surface area contributed by atoms with Gasteiger partial charge >= 0.3 is 5.97 Å². The lowest BCUT2D eigenvalue weighted by molar-refractivity contribution is -0.120. The number of anilines is 1. The van der Waals surface area contributed by atoms with Gasteiger partial charge in [0.2, 0.25) is 22.2 Å². The number of ether oxygens (including phenoxy) is 1. The van der Waals surface area contributed by atoms with Gasteiger partial charge in [-0.25, -0.2) is 9.18 Å². The third-order valence-electron chi connectivity index (χ3n) is 4.55. The molecule has 0 atom stereocenters. The summed E-state index contributed by atoms with van der Waals surface area (Å²) in [6.07, 6.45) is 2.45. The first-order valence-electron chi connectivity index (χ1n) is 9.87. The van der Waals surface area contributed by atoms with Crippen molar-refractivity contribution in [1.29, 1.82) is 0 Å². The van der Waals surface area contributed by atoms with Gasteiger partial charge in [-0.15, -0.1) is 10.2 Å². The zero-order chi connectivity index (χ0) is 24.0. The van der Waals surface area contributed by atoms with Gasteiger partial charge < -0.3 is 14.5 Å². The molecule has 0 bridgehead atoms. The van der Waals surface area contributed by atoms with Crippen LogP contribution in [-0.2, 0) is 10.5 Å². The quantitative estimate of drug-likeness (QED) is 0.238. The van der Waals surface area contributed by atoms with Crippen molar-refractivity contribution in [3.63, 3.8) is 0 Å². The van der Waals surface area contributed by atoms with Crippen LogP contribution in [0.2, 0.25) is 5.02 Å². The van der Waals surface area contributed by atoms with Gasteiger partial charge in [0, 0.05) is 12.0 Å². The second-order valence-corrected chi connectivity index (χ2v) is 9.33. The highest BCUT2D eigenvalue weighted by Gasteiger charge is 2.20. The molecule has 0 saturated carbocycles. The summed E-state index contributed by atoms with van der Waals surface area (Å²) in [5, 5.41) is 11.0. The van der Waals surface area contributed by atoms with Crippen molar-refractivity contribution in [1.82, 2.24) is 10.2 Å². The first-order valence-corrected chi connectivity index (χ1v) is 12.0. The molecule has 0 fully saturated rings. The maximum absolute atomic E-state index is 13.9. The van der Waals surface area contributed by atoms with E-state index in [2.05, 4.69) is 15.5 Å². The van der Waals surface area contributed by atoms with Gasteiger partial charge in [0.1, 0.15) is 23.4 Å². The van der Waals surface area contributed by atoms with E-state index >= 15 is 0 Å². The molecule has 8 nitrogen and oxygen atoms in total. The van der Waals surface area contributed by atoms with E-state index in [0.29, 0.717) is 15.2 Å². The minimum absolute atomic E-state index is 0.0821. The van der Waals surface area contributed by atoms with E-state index in [1.807, 2.05) is 13.8 Å². The predicted molar refractivity (Wildman–Crippen MR) is 124 cm³/mol. The fraction of sp³-hybridized carbons (Fsp3) is 0.286. The number of carbonyl (C=O) groups is 2. The molecule has 3 aromatic rings. The summed E-state index contributed by atoms with van der Waals surface area (Å²) in [5.41, 5.74) is -1.09. The Labute approximate surface area is 201 Å². The Bertz CT molecular complexity index is 1190. The molecule has 0 saturated heterocycles. The minimum Gasteiger partial charge on any atom is -0.464 e. The van der Waals surface area contributed by atoms with Crippen molar-refractivity contribution in [2.75, 3.05) is 5.32 Å². The van der Waals surface area contributed by atoms with E-state index in [1.165, 1.54) is 35.2 Å². The van der Waals surface area contributed by atoms with Crippen molar-refractivity contribution < 1.29 is 23.1 Å². The fourth-order valence-corrected chi connectivity index (χ4v) is 4.64. The van der Waals surface area contributed by atoms with Gasteiger partial charge in [-0.2, -0.15) is 0 Å². The largest absolute Gasteiger partial charge is 0.464 e. The highest BCUT2D eigenvalue weighted by Crippen LogP contribution is 2.29. The smallest absolute Gasteiger partial charge is 0.348 e. The fourth-order valence-electron chi connectivity index (χ4n) is 2.75. The Morgan fingerprint density at radius 1 is 1.30 bits per heavy atom. The van der Waals surface area contributed by atoms with Crippen molar-refractivity contribution in [3.05, 3.63) is 62.9 Å². The Hall–Kier alpha value is -2.76. The van der Waals surface area contributed by atoms with Crippen LogP contribution in [0, 0.1) is 11.7 Å². The van der Waals surface area contributed by atoms with E-state index < -0.39 is 28.5 Å². The molecule has 2 heterocycles. The van der Waals surface area contributed by atoms with E-state index in [4.69, 9.17) is 20.8 Å². The maximum Gasteiger partial charge on any atom is 0.348 e. The number of halogens is 2. The molecule has 0 unspecified atom stereocenters. The van der Waals surface area contributed by atoms with Crippen molar-refractivity contribution in [2.24, 2.45) is 5.92 Å².